The van der Waals surface area contributed by atoms with Gasteiger partial charge >= 0.3 is 6.01 Å². The molecular formula is C29H21N3O2. The van der Waals surface area contributed by atoms with Crippen molar-refractivity contribution >= 4 is 32.3 Å². The highest BCUT2D eigenvalue weighted by Crippen LogP contribution is 2.38. The highest BCUT2D eigenvalue weighted by Gasteiger charge is 2.17. The number of phenolic OH excluding ortho intramolecular Hbond substituents is 1. The lowest BCUT2D eigenvalue weighted by Gasteiger charge is -2.13. The van der Waals surface area contributed by atoms with Crippen molar-refractivity contribution in [3.8, 4) is 34.5 Å². The summed E-state index contributed by atoms with van der Waals surface area (Å²) in [5.41, 5.74) is 1.42. The molecule has 6 rings (SSSR count). The lowest BCUT2D eigenvalue weighted by Crippen LogP contribution is -2.03. The van der Waals surface area contributed by atoms with Crippen LogP contribution in [0.2, 0.25) is 0 Å². The molecule has 34 heavy (non-hydrogen) atoms. The van der Waals surface area contributed by atoms with E-state index >= 15 is 0 Å². The first-order valence-electron chi connectivity index (χ1n) is 11.2. The van der Waals surface area contributed by atoms with E-state index in [4.69, 9.17) is 9.72 Å². The van der Waals surface area contributed by atoms with E-state index in [0.29, 0.717) is 23.8 Å². The molecule has 0 bridgehead atoms. The molecule has 1 heterocycles. The first-order chi connectivity index (χ1) is 16.7. The quantitative estimate of drug-likeness (QED) is 0.305. The fraction of sp³-hybridized carbons (Fsp3) is 0.0690. The van der Waals surface area contributed by atoms with Crippen LogP contribution in [0.3, 0.4) is 0 Å². The van der Waals surface area contributed by atoms with Gasteiger partial charge in [0.15, 0.2) is 11.6 Å². The topological polar surface area (TPSA) is 68.1 Å². The Morgan fingerprint density at radius 3 is 2.06 bits per heavy atom. The number of fused-ring (bicyclic) bond motifs is 5. The van der Waals surface area contributed by atoms with Gasteiger partial charge in [-0.3, -0.25) is 0 Å². The minimum absolute atomic E-state index is 0.108. The van der Waals surface area contributed by atoms with E-state index in [1.165, 1.54) is 16.2 Å². The zero-order valence-electron chi connectivity index (χ0n) is 18.6. The van der Waals surface area contributed by atoms with E-state index in [9.17, 15) is 5.11 Å². The summed E-state index contributed by atoms with van der Waals surface area (Å²) in [4.78, 5) is 13.9. The number of aromatic hydroxyl groups is 1. The number of benzene rings is 5. The van der Waals surface area contributed by atoms with Gasteiger partial charge in [0.1, 0.15) is 5.75 Å². The second-order valence-corrected chi connectivity index (χ2v) is 8.07. The van der Waals surface area contributed by atoms with Gasteiger partial charge in [-0.1, -0.05) is 72.8 Å². The Labute approximate surface area is 196 Å². The van der Waals surface area contributed by atoms with Crippen LogP contribution in [0.4, 0.5) is 0 Å². The lowest BCUT2D eigenvalue weighted by molar-refractivity contribution is 0.312. The predicted octanol–water partition coefficient (Wildman–Crippen LogP) is 6.77. The zero-order valence-corrected chi connectivity index (χ0v) is 18.6. The van der Waals surface area contributed by atoms with E-state index < -0.39 is 0 Å². The van der Waals surface area contributed by atoms with Gasteiger partial charge in [0.2, 0.25) is 0 Å². The van der Waals surface area contributed by atoms with Gasteiger partial charge in [-0.15, -0.1) is 0 Å². The molecule has 0 spiro atoms. The summed E-state index contributed by atoms with van der Waals surface area (Å²) >= 11 is 0. The second-order valence-electron chi connectivity index (χ2n) is 8.07. The third kappa shape index (κ3) is 3.30. The smallest absolute Gasteiger partial charge is 0.320 e. The van der Waals surface area contributed by atoms with E-state index in [1.807, 2.05) is 25.1 Å². The molecule has 1 N–H and O–H groups in total. The van der Waals surface area contributed by atoms with Gasteiger partial charge in [0.05, 0.1) is 12.2 Å². The number of para-hydroxylation sites is 1. The van der Waals surface area contributed by atoms with Gasteiger partial charge in [-0.2, -0.15) is 9.97 Å². The molecule has 0 saturated carbocycles. The molecule has 5 heteroatoms. The molecule has 0 aliphatic rings. The largest absolute Gasteiger partial charge is 0.507 e. The van der Waals surface area contributed by atoms with Crippen molar-refractivity contribution in [2.24, 2.45) is 0 Å². The fourth-order valence-corrected chi connectivity index (χ4v) is 4.50. The Bertz CT molecular complexity index is 1690. The average Bonchev–Trinajstić information content (AvgIpc) is 2.88. The van der Waals surface area contributed by atoms with Crippen LogP contribution in [0.1, 0.15) is 6.92 Å². The van der Waals surface area contributed by atoms with Crippen LogP contribution < -0.4 is 4.74 Å². The fourth-order valence-electron chi connectivity index (χ4n) is 4.50. The maximum atomic E-state index is 10.4. The summed E-state index contributed by atoms with van der Waals surface area (Å²) in [5.74, 6) is 0.979. The Balaban J connectivity index is 1.70. The van der Waals surface area contributed by atoms with E-state index in [-0.39, 0.29) is 11.8 Å². The van der Waals surface area contributed by atoms with Crippen LogP contribution in [-0.2, 0) is 0 Å². The molecule has 5 nitrogen and oxygen atoms in total. The zero-order chi connectivity index (χ0) is 23.1. The van der Waals surface area contributed by atoms with E-state index in [0.717, 1.165) is 21.7 Å². The molecule has 0 aliphatic carbocycles. The Morgan fingerprint density at radius 1 is 0.618 bits per heavy atom. The Morgan fingerprint density at radius 2 is 1.26 bits per heavy atom. The summed E-state index contributed by atoms with van der Waals surface area (Å²) in [7, 11) is 0. The number of rotatable bonds is 4. The van der Waals surface area contributed by atoms with Gasteiger partial charge in [-0.25, -0.2) is 4.98 Å². The molecule has 0 saturated heterocycles. The van der Waals surface area contributed by atoms with Crippen LogP contribution in [0.25, 0.3) is 55.1 Å². The monoisotopic (exact) mass is 443 g/mol. The van der Waals surface area contributed by atoms with Gasteiger partial charge in [0.25, 0.3) is 0 Å². The van der Waals surface area contributed by atoms with Gasteiger partial charge < -0.3 is 9.84 Å². The maximum Gasteiger partial charge on any atom is 0.320 e. The van der Waals surface area contributed by atoms with Crippen molar-refractivity contribution in [1.82, 2.24) is 15.0 Å². The number of ether oxygens (including phenoxy) is 1. The van der Waals surface area contributed by atoms with Crippen molar-refractivity contribution in [2.75, 3.05) is 6.61 Å². The Kier molecular flexibility index (Phi) is 4.81. The van der Waals surface area contributed by atoms with Crippen molar-refractivity contribution in [3.63, 3.8) is 0 Å². The molecule has 1 aromatic heterocycles. The van der Waals surface area contributed by atoms with Crippen LogP contribution in [-0.4, -0.2) is 26.7 Å². The normalized spacial score (nSPS) is 11.3. The molecule has 6 aromatic rings. The van der Waals surface area contributed by atoms with Crippen molar-refractivity contribution in [2.45, 2.75) is 6.92 Å². The minimum Gasteiger partial charge on any atom is -0.507 e. The van der Waals surface area contributed by atoms with Crippen molar-refractivity contribution in [1.29, 1.82) is 0 Å². The number of hydrogen-bond acceptors (Lipinski definition) is 5. The number of aromatic nitrogens is 3. The summed E-state index contributed by atoms with van der Waals surface area (Å²) in [6.45, 7) is 2.31. The number of hydrogen-bond donors (Lipinski definition) is 1. The van der Waals surface area contributed by atoms with Crippen LogP contribution in [0, 0.1) is 0 Å². The third-order valence-corrected chi connectivity index (χ3v) is 6.04. The highest BCUT2D eigenvalue weighted by atomic mass is 16.5. The van der Waals surface area contributed by atoms with Crippen LogP contribution >= 0.6 is 0 Å². The van der Waals surface area contributed by atoms with Crippen molar-refractivity contribution < 1.29 is 9.84 Å². The molecule has 0 radical (unpaired) electrons. The summed E-state index contributed by atoms with van der Waals surface area (Å²) in [6, 6.07) is 30.4. The van der Waals surface area contributed by atoms with E-state index in [1.54, 1.807) is 18.2 Å². The van der Waals surface area contributed by atoms with Crippen LogP contribution in [0.15, 0.2) is 91.0 Å². The minimum atomic E-state index is 0.108. The molecule has 0 amide bonds. The summed E-state index contributed by atoms with van der Waals surface area (Å²) in [5, 5.41) is 17.3. The lowest BCUT2D eigenvalue weighted by atomic mass is 9.93. The van der Waals surface area contributed by atoms with Gasteiger partial charge in [-0.05, 0) is 57.4 Å². The second kappa shape index (κ2) is 8.12. The molecule has 5 aromatic carbocycles. The van der Waals surface area contributed by atoms with Crippen molar-refractivity contribution in [3.05, 3.63) is 91.0 Å². The number of phenols is 1. The standard InChI is InChI=1S/C29H21N3O2/c1-2-34-29-31-27(23-13-7-8-14-26(23)33)30-28(32-29)25-17-24-19-10-4-3-9-18(19)15-16-22(24)20-11-5-6-12-21(20)25/h3-17,33H,2H2,1H3. The predicted molar refractivity (Wildman–Crippen MR) is 136 cm³/mol. The molecule has 0 unspecified atom stereocenters. The maximum absolute atomic E-state index is 10.4. The first kappa shape index (κ1) is 20.1. The molecule has 164 valence electrons. The SMILES string of the molecule is CCOc1nc(-c2ccccc2O)nc(-c2cc3c4ccccc4ccc3c3ccccc23)n1. The summed E-state index contributed by atoms with van der Waals surface area (Å²) < 4.78 is 5.70. The molecule has 0 fully saturated rings. The Hall–Kier alpha value is -4.51. The van der Waals surface area contributed by atoms with Crippen LogP contribution in [0.5, 0.6) is 11.8 Å². The first-order valence-corrected chi connectivity index (χ1v) is 11.2. The van der Waals surface area contributed by atoms with E-state index in [2.05, 4.69) is 64.6 Å². The highest BCUT2D eigenvalue weighted by molar-refractivity contribution is 6.20. The molecule has 0 atom stereocenters. The molecular weight excluding hydrogens is 422 g/mol. The van der Waals surface area contributed by atoms with Gasteiger partial charge in [0, 0.05) is 5.56 Å². The third-order valence-electron chi connectivity index (χ3n) is 6.04. The number of nitrogens with zero attached hydrogens (tertiary/aromatic N) is 3. The summed E-state index contributed by atoms with van der Waals surface area (Å²) in [6.07, 6.45) is 0. The molecule has 0 aliphatic heterocycles. The average molecular weight is 444 g/mol.